The number of halogens is 1. The molecule has 0 saturated heterocycles. The SMILES string of the molecule is Cc1cccc(C2CC(c3ccc(F)cc3)NC(N)=N2)c1. The summed E-state index contributed by atoms with van der Waals surface area (Å²) in [5, 5.41) is 3.17. The van der Waals surface area contributed by atoms with Gasteiger partial charge in [0.1, 0.15) is 5.82 Å². The summed E-state index contributed by atoms with van der Waals surface area (Å²) in [4.78, 5) is 4.50. The molecule has 1 heterocycles. The van der Waals surface area contributed by atoms with Crippen molar-refractivity contribution in [3.05, 3.63) is 71.0 Å². The molecule has 0 bridgehead atoms. The van der Waals surface area contributed by atoms with E-state index in [1.165, 1.54) is 17.7 Å². The molecule has 0 spiro atoms. The van der Waals surface area contributed by atoms with Crippen LogP contribution in [0.1, 0.15) is 35.2 Å². The normalized spacial score (nSPS) is 21.5. The lowest BCUT2D eigenvalue weighted by Gasteiger charge is -2.29. The van der Waals surface area contributed by atoms with E-state index in [0.29, 0.717) is 5.96 Å². The second-order valence-electron chi connectivity index (χ2n) is 5.43. The lowest BCUT2D eigenvalue weighted by molar-refractivity contribution is 0.486. The minimum atomic E-state index is -0.230. The first-order chi connectivity index (χ1) is 10.1. The van der Waals surface area contributed by atoms with E-state index in [-0.39, 0.29) is 17.9 Å². The van der Waals surface area contributed by atoms with Crippen molar-refractivity contribution in [2.75, 3.05) is 0 Å². The summed E-state index contributed by atoms with van der Waals surface area (Å²) < 4.78 is 13.0. The molecule has 1 aliphatic rings. The average Bonchev–Trinajstić information content (AvgIpc) is 2.47. The van der Waals surface area contributed by atoms with Crippen LogP contribution in [-0.2, 0) is 0 Å². The first kappa shape index (κ1) is 13.6. The van der Waals surface area contributed by atoms with Crippen molar-refractivity contribution in [3.63, 3.8) is 0 Å². The third-order valence-corrected chi connectivity index (χ3v) is 3.78. The first-order valence-electron chi connectivity index (χ1n) is 7.03. The fraction of sp³-hybridized carbons (Fsp3) is 0.235. The Kier molecular flexibility index (Phi) is 3.60. The van der Waals surface area contributed by atoms with Crippen molar-refractivity contribution in [2.45, 2.75) is 25.4 Å². The second kappa shape index (κ2) is 5.56. The van der Waals surface area contributed by atoms with Crippen LogP contribution in [0.2, 0.25) is 0 Å². The predicted molar refractivity (Wildman–Crippen MR) is 82.4 cm³/mol. The Morgan fingerprint density at radius 2 is 1.90 bits per heavy atom. The smallest absolute Gasteiger partial charge is 0.189 e. The van der Waals surface area contributed by atoms with Gasteiger partial charge in [-0.1, -0.05) is 42.0 Å². The van der Waals surface area contributed by atoms with Crippen molar-refractivity contribution in [3.8, 4) is 0 Å². The summed E-state index contributed by atoms with van der Waals surface area (Å²) in [6, 6.07) is 14.9. The van der Waals surface area contributed by atoms with Crippen molar-refractivity contribution < 1.29 is 4.39 Å². The fourth-order valence-electron chi connectivity index (χ4n) is 2.72. The van der Waals surface area contributed by atoms with Gasteiger partial charge < -0.3 is 11.1 Å². The van der Waals surface area contributed by atoms with Gasteiger partial charge in [-0.05, 0) is 36.6 Å². The molecule has 3 rings (SSSR count). The number of rotatable bonds is 2. The van der Waals surface area contributed by atoms with Crippen molar-refractivity contribution in [1.82, 2.24) is 5.32 Å². The second-order valence-corrected chi connectivity index (χ2v) is 5.43. The quantitative estimate of drug-likeness (QED) is 0.889. The van der Waals surface area contributed by atoms with Crippen molar-refractivity contribution in [2.24, 2.45) is 10.7 Å². The number of aliphatic imine (C=N–C) groups is 1. The Morgan fingerprint density at radius 1 is 1.14 bits per heavy atom. The number of guanidine groups is 1. The molecular weight excluding hydrogens is 265 g/mol. The average molecular weight is 283 g/mol. The highest BCUT2D eigenvalue weighted by Gasteiger charge is 2.24. The summed E-state index contributed by atoms with van der Waals surface area (Å²) in [6.07, 6.45) is 0.801. The molecule has 108 valence electrons. The number of hydrogen-bond donors (Lipinski definition) is 2. The predicted octanol–water partition coefficient (Wildman–Crippen LogP) is 3.22. The molecule has 3 N–H and O–H groups in total. The van der Waals surface area contributed by atoms with Gasteiger partial charge in [-0.15, -0.1) is 0 Å². The van der Waals surface area contributed by atoms with Crippen LogP contribution in [0.4, 0.5) is 4.39 Å². The van der Waals surface area contributed by atoms with Crippen LogP contribution in [0.25, 0.3) is 0 Å². The van der Waals surface area contributed by atoms with Crippen molar-refractivity contribution in [1.29, 1.82) is 0 Å². The molecule has 0 aliphatic carbocycles. The minimum absolute atomic E-state index is 0.0289. The summed E-state index contributed by atoms with van der Waals surface area (Å²) in [5.74, 6) is 0.202. The summed E-state index contributed by atoms with van der Waals surface area (Å²) in [7, 11) is 0. The van der Waals surface area contributed by atoms with E-state index < -0.39 is 0 Å². The van der Waals surface area contributed by atoms with Crippen LogP contribution in [-0.4, -0.2) is 5.96 Å². The molecule has 2 atom stereocenters. The van der Waals surface area contributed by atoms with Crippen LogP contribution in [0.5, 0.6) is 0 Å². The molecule has 0 fully saturated rings. The van der Waals surface area contributed by atoms with E-state index in [2.05, 4.69) is 35.4 Å². The molecule has 0 aromatic heterocycles. The number of benzene rings is 2. The first-order valence-corrected chi connectivity index (χ1v) is 7.03. The largest absolute Gasteiger partial charge is 0.370 e. The molecular formula is C17H18FN3. The Morgan fingerprint density at radius 3 is 2.62 bits per heavy atom. The summed E-state index contributed by atoms with van der Waals surface area (Å²) in [5.41, 5.74) is 9.31. The number of nitrogens with zero attached hydrogens (tertiary/aromatic N) is 1. The van der Waals surface area contributed by atoms with Crippen LogP contribution in [0, 0.1) is 12.7 Å². The third kappa shape index (κ3) is 3.05. The van der Waals surface area contributed by atoms with Gasteiger partial charge in [0.2, 0.25) is 0 Å². The number of aryl methyl sites for hydroxylation is 1. The van der Waals surface area contributed by atoms with Crippen molar-refractivity contribution >= 4 is 5.96 Å². The van der Waals surface area contributed by atoms with Crippen LogP contribution in [0.3, 0.4) is 0 Å². The zero-order valence-corrected chi connectivity index (χ0v) is 11.9. The van der Waals surface area contributed by atoms with Gasteiger partial charge >= 0.3 is 0 Å². The van der Waals surface area contributed by atoms with E-state index in [4.69, 9.17) is 5.73 Å². The van der Waals surface area contributed by atoms with Gasteiger partial charge in [-0.3, -0.25) is 0 Å². The molecule has 2 aromatic carbocycles. The maximum Gasteiger partial charge on any atom is 0.189 e. The van der Waals surface area contributed by atoms with Gasteiger partial charge in [0.05, 0.1) is 12.1 Å². The van der Waals surface area contributed by atoms with E-state index in [1.807, 2.05) is 6.07 Å². The van der Waals surface area contributed by atoms with E-state index >= 15 is 0 Å². The van der Waals surface area contributed by atoms with E-state index in [9.17, 15) is 4.39 Å². The maximum atomic E-state index is 13.0. The van der Waals surface area contributed by atoms with Gasteiger partial charge in [0.15, 0.2) is 5.96 Å². The van der Waals surface area contributed by atoms with Gasteiger partial charge in [0, 0.05) is 0 Å². The molecule has 1 aliphatic heterocycles. The highest BCUT2D eigenvalue weighted by atomic mass is 19.1. The fourth-order valence-corrected chi connectivity index (χ4v) is 2.72. The van der Waals surface area contributed by atoms with Gasteiger partial charge in [-0.25, -0.2) is 9.38 Å². The monoisotopic (exact) mass is 283 g/mol. The zero-order valence-electron chi connectivity index (χ0n) is 11.9. The Bertz CT molecular complexity index is 664. The lowest BCUT2D eigenvalue weighted by Crippen LogP contribution is -2.39. The Hall–Kier alpha value is -2.36. The number of nitrogens with two attached hydrogens (primary N) is 1. The molecule has 2 unspecified atom stereocenters. The Balaban J connectivity index is 1.87. The summed E-state index contributed by atoms with van der Waals surface area (Å²) >= 11 is 0. The Labute approximate surface area is 123 Å². The molecule has 4 heteroatoms. The van der Waals surface area contributed by atoms with E-state index in [0.717, 1.165) is 17.5 Å². The maximum absolute atomic E-state index is 13.0. The molecule has 0 saturated carbocycles. The van der Waals surface area contributed by atoms with E-state index in [1.54, 1.807) is 12.1 Å². The molecule has 3 nitrogen and oxygen atoms in total. The molecule has 21 heavy (non-hydrogen) atoms. The molecule has 0 radical (unpaired) electrons. The lowest BCUT2D eigenvalue weighted by atomic mass is 9.93. The van der Waals surface area contributed by atoms with Crippen LogP contribution >= 0.6 is 0 Å². The zero-order chi connectivity index (χ0) is 14.8. The van der Waals surface area contributed by atoms with Gasteiger partial charge in [-0.2, -0.15) is 0 Å². The topological polar surface area (TPSA) is 50.4 Å². The number of hydrogen-bond acceptors (Lipinski definition) is 3. The summed E-state index contributed by atoms with van der Waals surface area (Å²) in [6.45, 7) is 2.06. The standard InChI is InChI=1S/C17H18FN3/c1-11-3-2-4-13(9-11)16-10-15(20-17(19)21-16)12-5-7-14(18)8-6-12/h2-9,15-16H,10H2,1H3,(H3,19,20,21). The van der Waals surface area contributed by atoms with Crippen LogP contribution in [0.15, 0.2) is 53.5 Å². The van der Waals surface area contributed by atoms with Crippen LogP contribution < -0.4 is 11.1 Å². The molecule has 2 aromatic rings. The molecule has 0 amide bonds. The number of nitrogens with one attached hydrogen (secondary N) is 1. The van der Waals surface area contributed by atoms with Gasteiger partial charge in [0.25, 0.3) is 0 Å². The highest BCUT2D eigenvalue weighted by Crippen LogP contribution is 2.32. The highest BCUT2D eigenvalue weighted by molar-refractivity contribution is 5.79. The third-order valence-electron chi connectivity index (χ3n) is 3.78. The minimum Gasteiger partial charge on any atom is -0.370 e.